The van der Waals surface area contributed by atoms with Gasteiger partial charge in [-0.05, 0) is 36.5 Å². The SMILES string of the molecule is Cn1ncnc1SCC(=O)c1ccc2c(c1)CCC2. The number of nitrogens with zero attached hydrogens (tertiary/aromatic N) is 3. The Labute approximate surface area is 116 Å². The summed E-state index contributed by atoms with van der Waals surface area (Å²) in [6.45, 7) is 0. The first-order chi connectivity index (χ1) is 9.24. The molecule has 1 aromatic heterocycles. The number of fused-ring (bicyclic) bond motifs is 1. The average molecular weight is 273 g/mol. The standard InChI is InChI=1S/C14H15N3OS/c1-17-14(15-9-16-17)19-8-13(18)12-6-5-10-3-2-4-11(10)7-12/h5-7,9H,2-4,8H2,1H3. The van der Waals surface area contributed by atoms with Crippen molar-refractivity contribution >= 4 is 17.5 Å². The van der Waals surface area contributed by atoms with Gasteiger partial charge in [0.1, 0.15) is 6.33 Å². The van der Waals surface area contributed by atoms with Gasteiger partial charge in [-0.1, -0.05) is 23.9 Å². The van der Waals surface area contributed by atoms with Gasteiger partial charge < -0.3 is 0 Å². The Morgan fingerprint density at radius 1 is 1.37 bits per heavy atom. The first-order valence-corrected chi connectivity index (χ1v) is 7.34. The summed E-state index contributed by atoms with van der Waals surface area (Å²) in [7, 11) is 1.83. The van der Waals surface area contributed by atoms with Crippen molar-refractivity contribution in [1.29, 1.82) is 0 Å². The van der Waals surface area contributed by atoms with Crippen molar-refractivity contribution in [3.63, 3.8) is 0 Å². The Bertz CT molecular complexity index is 621. The molecular formula is C14H15N3OS. The van der Waals surface area contributed by atoms with E-state index in [4.69, 9.17) is 0 Å². The largest absolute Gasteiger partial charge is 0.293 e. The molecule has 0 amide bonds. The van der Waals surface area contributed by atoms with E-state index in [1.54, 1.807) is 4.68 Å². The summed E-state index contributed by atoms with van der Waals surface area (Å²) in [6, 6.07) is 6.11. The minimum atomic E-state index is 0.155. The Kier molecular flexibility index (Phi) is 3.38. The number of hydrogen-bond acceptors (Lipinski definition) is 4. The Balaban J connectivity index is 1.69. The molecular weight excluding hydrogens is 258 g/mol. The number of Topliss-reactive ketones (excluding diaryl/α,β-unsaturated/α-hetero) is 1. The zero-order chi connectivity index (χ0) is 13.2. The van der Waals surface area contributed by atoms with Gasteiger partial charge in [0.2, 0.25) is 0 Å². The van der Waals surface area contributed by atoms with Gasteiger partial charge in [-0.25, -0.2) is 9.67 Å². The molecule has 1 aliphatic carbocycles. The normalized spacial score (nSPS) is 13.5. The molecule has 0 saturated heterocycles. The molecule has 0 spiro atoms. The van der Waals surface area contributed by atoms with Gasteiger partial charge in [-0.15, -0.1) is 0 Å². The van der Waals surface area contributed by atoms with Crippen molar-refractivity contribution in [3.05, 3.63) is 41.2 Å². The average Bonchev–Trinajstić information content (AvgIpc) is 3.03. The highest BCUT2D eigenvalue weighted by Crippen LogP contribution is 2.24. The fraction of sp³-hybridized carbons (Fsp3) is 0.357. The number of aryl methyl sites for hydroxylation is 3. The quantitative estimate of drug-likeness (QED) is 0.633. The van der Waals surface area contributed by atoms with Crippen molar-refractivity contribution in [2.24, 2.45) is 7.05 Å². The van der Waals surface area contributed by atoms with E-state index in [1.807, 2.05) is 13.1 Å². The maximum Gasteiger partial charge on any atom is 0.186 e. The van der Waals surface area contributed by atoms with E-state index < -0.39 is 0 Å². The van der Waals surface area contributed by atoms with Crippen LogP contribution >= 0.6 is 11.8 Å². The summed E-state index contributed by atoms with van der Waals surface area (Å²) >= 11 is 1.43. The molecule has 0 aliphatic heterocycles. The van der Waals surface area contributed by atoms with Crippen molar-refractivity contribution in [2.45, 2.75) is 24.4 Å². The number of ketones is 1. The van der Waals surface area contributed by atoms with E-state index in [0.29, 0.717) is 5.75 Å². The molecule has 0 saturated carbocycles. The van der Waals surface area contributed by atoms with Gasteiger partial charge in [-0.3, -0.25) is 4.79 Å². The van der Waals surface area contributed by atoms with Gasteiger partial charge >= 0.3 is 0 Å². The van der Waals surface area contributed by atoms with E-state index in [0.717, 1.165) is 23.6 Å². The molecule has 0 bridgehead atoms. The smallest absolute Gasteiger partial charge is 0.186 e. The molecule has 0 fully saturated rings. The second-order valence-corrected chi connectivity index (χ2v) is 5.66. The van der Waals surface area contributed by atoms with Crippen LogP contribution in [0.3, 0.4) is 0 Å². The molecule has 0 N–H and O–H groups in total. The second-order valence-electron chi connectivity index (χ2n) is 4.72. The lowest BCUT2D eigenvalue weighted by Gasteiger charge is -2.04. The molecule has 19 heavy (non-hydrogen) atoms. The van der Waals surface area contributed by atoms with E-state index in [-0.39, 0.29) is 5.78 Å². The molecule has 0 unspecified atom stereocenters. The predicted molar refractivity (Wildman–Crippen MR) is 74.5 cm³/mol. The van der Waals surface area contributed by atoms with Crippen molar-refractivity contribution in [3.8, 4) is 0 Å². The zero-order valence-corrected chi connectivity index (χ0v) is 11.6. The summed E-state index contributed by atoms with van der Waals surface area (Å²) < 4.78 is 1.68. The van der Waals surface area contributed by atoms with Crippen LogP contribution in [0, 0.1) is 0 Å². The minimum Gasteiger partial charge on any atom is -0.293 e. The molecule has 2 aromatic rings. The van der Waals surface area contributed by atoms with E-state index in [2.05, 4.69) is 22.2 Å². The topological polar surface area (TPSA) is 47.8 Å². The molecule has 4 nitrogen and oxygen atoms in total. The van der Waals surface area contributed by atoms with Crippen LogP contribution in [0.5, 0.6) is 0 Å². The van der Waals surface area contributed by atoms with Gasteiger partial charge in [0.05, 0.1) is 5.75 Å². The Morgan fingerprint density at radius 3 is 3.00 bits per heavy atom. The number of carbonyl (C=O) groups excluding carboxylic acids is 1. The summed E-state index contributed by atoms with van der Waals surface area (Å²) in [6.07, 6.45) is 4.97. The number of aromatic nitrogens is 3. The first kappa shape index (κ1) is 12.4. The second kappa shape index (κ2) is 5.17. The maximum atomic E-state index is 12.2. The summed E-state index contributed by atoms with van der Waals surface area (Å²) in [5.41, 5.74) is 3.56. The number of carbonyl (C=O) groups is 1. The molecule has 0 atom stereocenters. The third-order valence-corrected chi connectivity index (χ3v) is 4.46. The summed E-state index contributed by atoms with van der Waals surface area (Å²) in [4.78, 5) is 16.3. The molecule has 1 heterocycles. The highest BCUT2D eigenvalue weighted by Gasteiger charge is 2.14. The first-order valence-electron chi connectivity index (χ1n) is 6.36. The summed E-state index contributed by atoms with van der Waals surface area (Å²) in [5.74, 6) is 0.563. The minimum absolute atomic E-state index is 0.155. The van der Waals surface area contributed by atoms with Crippen LogP contribution in [-0.4, -0.2) is 26.3 Å². The Hall–Kier alpha value is -1.62. The van der Waals surface area contributed by atoms with Crippen LogP contribution in [0.15, 0.2) is 29.7 Å². The zero-order valence-electron chi connectivity index (χ0n) is 10.8. The molecule has 1 aromatic carbocycles. The fourth-order valence-electron chi connectivity index (χ4n) is 2.38. The van der Waals surface area contributed by atoms with Crippen LogP contribution in [0.2, 0.25) is 0 Å². The van der Waals surface area contributed by atoms with Gasteiger partial charge in [-0.2, -0.15) is 5.10 Å². The van der Waals surface area contributed by atoms with Gasteiger partial charge in [0, 0.05) is 12.6 Å². The molecule has 0 radical (unpaired) electrons. The maximum absolute atomic E-state index is 12.2. The Morgan fingerprint density at radius 2 is 2.21 bits per heavy atom. The van der Waals surface area contributed by atoms with Gasteiger partial charge in [0.15, 0.2) is 10.9 Å². The predicted octanol–water partition coefficient (Wildman–Crippen LogP) is 2.28. The van der Waals surface area contributed by atoms with Crippen LogP contribution in [0.1, 0.15) is 27.9 Å². The lowest BCUT2D eigenvalue weighted by molar-refractivity contribution is 0.102. The molecule has 5 heteroatoms. The fourth-order valence-corrected chi connectivity index (χ4v) is 3.16. The molecule has 3 rings (SSSR count). The van der Waals surface area contributed by atoms with E-state index >= 15 is 0 Å². The lowest BCUT2D eigenvalue weighted by Crippen LogP contribution is -2.04. The number of rotatable bonds is 4. The summed E-state index contributed by atoms with van der Waals surface area (Å²) in [5, 5.41) is 4.76. The third-order valence-electron chi connectivity index (χ3n) is 3.42. The van der Waals surface area contributed by atoms with Crippen LogP contribution in [-0.2, 0) is 19.9 Å². The number of thioether (sulfide) groups is 1. The highest BCUT2D eigenvalue weighted by molar-refractivity contribution is 7.99. The lowest BCUT2D eigenvalue weighted by atomic mass is 10.0. The molecule has 98 valence electrons. The van der Waals surface area contributed by atoms with Crippen LogP contribution < -0.4 is 0 Å². The number of hydrogen-bond donors (Lipinski definition) is 0. The van der Waals surface area contributed by atoms with Crippen LogP contribution in [0.4, 0.5) is 0 Å². The van der Waals surface area contributed by atoms with Crippen molar-refractivity contribution in [1.82, 2.24) is 14.8 Å². The van der Waals surface area contributed by atoms with Crippen molar-refractivity contribution in [2.75, 3.05) is 5.75 Å². The van der Waals surface area contributed by atoms with E-state index in [1.165, 1.54) is 35.6 Å². The van der Waals surface area contributed by atoms with E-state index in [9.17, 15) is 4.79 Å². The van der Waals surface area contributed by atoms with Crippen LogP contribution in [0.25, 0.3) is 0 Å². The number of benzene rings is 1. The van der Waals surface area contributed by atoms with Crippen molar-refractivity contribution < 1.29 is 4.79 Å². The van der Waals surface area contributed by atoms with Gasteiger partial charge in [0.25, 0.3) is 0 Å². The monoisotopic (exact) mass is 273 g/mol. The highest BCUT2D eigenvalue weighted by atomic mass is 32.2. The molecule has 1 aliphatic rings. The third kappa shape index (κ3) is 2.56.